The molecule has 0 radical (unpaired) electrons. The Morgan fingerprint density at radius 2 is 2.13 bits per heavy atom. The minimum atomic E-state index is -0.923. The van der Waals surface area contributed by atoms with Crippen LogP contribution >= 0.6 is 0 Å². The molecule has 5 heteroatoms. The Kier molecular flexibility index (Phi) is 5.18. The van der Waals surface area contributed by atoms with Crippen molar-refractivity contribution in [2.75, 3.05) is 19.8 Å². The van der Waals surface area contributed by atoms with Crippen molar-refractivity contribution in [1.29, 1.82) is 0 Å². The highest BCUT2D eigenvalue weighted by Crippen LogP contribution is 2.34. The van der Waals surface area contributed by atoms with Gasteiger partial charge in [-0.25, -0.2) is 4.79 Å². The van der Waals surface area contributed by atoms with Gasteiger partial charge in [0, 0.05) is 13.0 Å². The van der Waals surface area contributed by atoms with Gasteiger partial charge in [-0.2, -0.15) is 0 Å². The van der Waals surface area contributed by atoms with Crippen molar-refractivity contribution in [1.82, 2.24) is 10.6 Å². The lowest BCUT2D eigenvalue weighted by Gasteiger charge is -2.30. The fraction of sp³-hybridized carbons (Fsp3) is 0.611. The lowest BCUT2D eigenvalue weighted by atomic mass is 9.79. The van der Waals surface area contributed by atoms with Gasteiger partial charge in [0.1, 0.15) is 5.60 Å². The molecule has 1 aromatic carbocycles. The molecule has 1 heterocycles. The van der Waals surface area contributed by atoms with Gasteiger partial charge in [0.25, 0.3) is 0 Å². The van der Waals surface area contributed by atoms with Gasteiger partial charge in [-0.3, -0.25) is 0 Å². The fourth-order valence-electron chi connectivity index (χ4n) is 3.22. The smallest absolute Gasteiger partial charge is 0.315 e. The second-order valence-corrected chi connectivity index (χ2v) is 6.85. The first kappa shape index (κ1) is 16.3. The number of nitrogens with one attached hydrogen (secondary N) is 2. The third kappa shape index (κ3) is 4.45. The van der Waals surface area contributed by atoms with E-state index >= 15 is 0 Å². The highest BCUT2D eigenvalue weighted by Gasteiger charge is 2.33. The molecule has 3 rings (SSSR count). The number of rotatable bonds is 6. The van der Waals surface area contributed by atoms with Crippen LogP contribution in [-0.4, -0.2) is 36.5 Å². The Morgan fingerprint density at radius 1 is 1.35 bits per heavy atom. The Hall–Kier alpha value is -1.59. The Labute approximate surface area is 137 Å². The van der Waals surface area contributed by atoms with E-state index in [4.69, 9.17) is 4.74 Å². The highest BCUT2D eigenvalue weighted by atomic mass is 16.5. The molecule has 2 amide bonds. The average Bonchev–Trinajstić information content (AvgIpc) is 2.96. The van der Waals surface area contributed by atoms with Crippen LogP contribution in [0.15, 0.2) is 30.3 Å². The predicted octanol–water partition coefficient (Wildman–Crippen LogP) is 2.37. The maximum Gasteiger partial charge on any atom is 0.315 e. The van der Waals surface area contributed by atoms with Gasteiger partial charge in [0.2, 0.25) is 0 Å². The normalized spacial score (nSPS) is 25.6. The zero-order valence-electron chi connectivity index (χ0n) is 13.5. The van der Waals surface area contributed by atoms with E-state index in [1.807, 2.05) is 18.2 Å². The van der Waals surface area contributed by atoms with Crippen LogP contribution in [0.5, 0.6) is 0 Å². The number of hydrogen-bond acceptors (Lipinski definition) is 3. The summed E-state index contributed by atoms with van der Waals surface area (Å²) in [5, 5.41) is 16.1. The SMILES string of the molecule is O=C(NC[C@]1(O)CCOC1)N[C@@H](CC1CCC1)c1ccccc1. The van der Waals surface area contributed by atoms with Crippen molar-refractivity contribution in [3.05, 3.63) is 35.9 Å². The number of carbonyl (C=O) groups is 1. The molecular weight excluding hydrogens is 292 g/mol. The molecule has 1 aromatic rings. The molecule has 3 N–H and O–H groups in total. The van der Waals surface area contributed by atoms with Crippen LogP contribution in [0.25, 0.3) is 0 Å². The first-order valence-corrected chi connectivity index (χ1v) is 8.54. The molecule has 1 saturated carbocycles. The fourth-order valence-corrected chi connectivity index (χ4v) is 3.22. The summed E-state index contributed by atoms with van der Waals surface area (Å²) in [6, 6.07) is 9.90. The number of hydrogen-bond donors (Lipinski definition) is 3. The zero-order valence-corrected chi connectivity index (χ0v) is 13.5. The number of ether oxygens (including phenoxy) is 1. The first-order chi connectivity index (χ1) is 11.1. The summed E-state index contributed by atoms with van der Waals surface area (Å²) in [6.07, 6.45) is 5.35. The van der Waals surface area contributed by atoms with Crippen molar-refractivity contribution < 1.29 is 14.6 Å². The second-order valence-electron chi connectivity index (χ2n) is 6.85. The maximum absolute atomic E-state index is 12.2. The predicted molar refractivity (Wildman–Crippen MR) is 88.1 cm³/mol. The summed E-state index contributed by atoms with van der Waals surface area (Å²) in [5.74, 6) is 0.702. The molecular formula is C18H26N2O3. The number of aliphatic hydroxyl groups is 1. The molecule has 0 spiro atoms. The summed E-state index contributed by atoms with van der Waals surface area (Å²) in [4.78, 5) is 12.2. The van der Waals surface area contributed by atoms with Gasteiger partial charge in [-0.1, -0.05) is 49.6 Å². The number of amides is 2. The minimum absolute atomic E-state index is 0.0240. The van der Waals surface area contributed by atoms with Gasteiger partial charge in [0.05, 0.1) is 19.2 Å². The molecule has 1 saturated heterocycles. The first-order valence-electron chi connectivity index (χ1n) is 8.54. The molecule has 23 heavy (non-hydrogen) atoms. The van der Waals surface area contributed by atoms with E-state index in [1.54, 1.807) is 0 Å². The second kappa shape index (κ2) is 7.32. The van der Waals surface area contributed by atoms with Crippen molar-refractivity contribution in [2.45, 2.75) is 43.7 Å². The van der Waals surface area contributed by atoms with Gasteiger partial charge in [0.15, 0.2) is 0 Å². The molecule has 0 bridgehead atoms. The third-order valence-electron chi connectivity index (χ3n) is 4.96. The van der Waals surface area contributed by atoms with Crippen LogP contribution in [0.4, 0.5) is 4.79 Å². The topological polar surface area (TPSA) is 70.6 Å². The van der Waals surface area contributed by atoms with Gasteiger partial charge in [-0.05, 0) is 17.9 Å². The van der Waals surface area contributed by atoms with E-state index in [2.05, 4.69) is 22.8 Å². The van der Waals surface area contributed by atoms with Crippen LogP contribution in [0, 0.1) is 5.92 Å². The minimum Gasteiger partial charge on any atom is -0.386 e. The van der Waals surface area contributed by atoms with Crippen molar-refractivity contribution >= 4 is 6.03 Å². The maximum atomic E-state index is 12.2. The van der Waals surface area contributed by atoms with Gasteiger partial charge in [-0.15, -0.1) is 0 Å². The Morgan fingerprint density at radius 3 is 2.74 bits per heavy atom. The molecule has 1 aliphatic carbocycles. The molecule has 0 aromatic heterocycles. The van der Waals surface area contributed by atoms with Crippen molar-refractivity contribution in [3.8, 4) is 0 Å². The lowest BCUT2D eigenvalue weighted by Crippen LogP contribution is -2.47. The molecule has 126 valence electrons. The Bertz CT molecular complexity index is 510. The Balaban J connectivity index is 1.55. The number of urea groups is 1. The largest absolute Gasteiger partial charge is 0.386 e. The molecule has 2 aliphatic rings. The molecule has 2 fully saturated rings. The summed E-state index contributed by atoms with van der Waals surface area (Å²) in [5.41, 5.74) is 0.213. The lowest BCUT2D eigenvalue weighted by molar-refractivity contribution is 0.0290. The van der Waals surface area contributed by atoms with E-state index in [9.17, 15) is 9.90 Å². The zero-order chi connectivity index (χ0) is 16.1. The van der Waals surface area contributed by atoms with Crippen LogP contribution in [0.2, 0.25) is 0 Å². The molecule has 2 atom stereocenters. The average molecular weight is 318 g/mol. The van der Waals surface area contributed by atoms with Gasteiger partial charge < -0.3 is 20.5 Å². The molecule has 0 unspecified atom stereocenters. The monoisotopic (exact) mass is 318 g/mol. The quantitative estimate of drug-likeness (QED) is 0.754. The van der Waals surface area contributed by atoms with Crippen LogP contribution in [-0.2, 0) is 4.74 Å². The number of benzene rings is 1. The van der Waals surface area contributed by atoms with Crippen LogP contribution in [0.1, 0.15) is 43.7 Å². The van der Waals surface area contributed by atoms with E-state index in [0.29, 0.717) is 18.9 Å². The van der Waals surface area contributed by atoms with Crippen molar-refractivity contribution in [3.63, 3.8) is 0 Å². The summed E-state index contributed by atoms with van der Waals surface area (Å²) in [7, 11) is 0. The van der Waals surface area contributed by atoms with E-state index in [-0.39, 0.29) is 25.2 Å². The van der Waals surface area contributed by atoms with Gasteiger partial charge >= 0.3 is 6.03 Å². The summed E-state index contributed by atoms with van der Waals surface area (Å²) >= 11 is 0. The highest BCUT2D eigenvalue weighted by molar-refractivity contribution is 5.74. The van der Waals surface area contributed by atoms with Crippen LogP contribution in [0.3, 0.4) is 0 Å². The standard InChI is InChI=1S/C18H26N2O3/c21-17(19-12-18(22)9-10-23-13-18)20-16(11-14-5-4-6-14)15-7-2-1-3-8-15/h1-3,7-8,14,16,22H,4-6,9-13H2,(H2,19,20,21)/t16-,18+/m0/s1. The molecule has 5 nitrogen and oxygen atoms in total. The summed E-state index contributed by atoms with van der Waals surface area (Å²) in [6.45, 7) is 1.06. The molecule has 1 aliphatic heterocycles. The number of carbonyl (C=O) groups excluding carboxylic acids is 1. The van der Waals surface area contributed by atoms with Crippen molar-refractivity contribution in [2.24, 2.45) is 5.92 Å². The van der Waals surface area contributed by atoms with E-state index < -0.39 is 5.60 Å². The third-order valence-corrected chi connectivity index (χ3v) is 4.96. The van der Waals surface area contributed by atoms with Crippen LogP contribution < -0.4 is 10.6 Å². The van der Waals surface area contributed by atoms with E-state index in [0.717, 1.165) is 12.0 Å². The van der Waals surface area contributed by atoms with E-state index in [1.165, 1.54) is 19.3 Å². The summed E-state index contributed by atoms with van der Waals surface area (Å²) < 4.78 is 5.20.